The molecule has 0 saturated heterocycles. The van der Waals surface area contributed by atoms with Crippen molar-refractivity contribution in [2.45, 2.75) is 4.90 Å². The SMILES string of the molecule is O=S(=O)(Oc1cccc(Br)c1)c1cc(Br)cnc1Cl. The molecule has 0 bridgehead atoms. The number of halogens is 3. The van der Waals surface area contributed by atoms with E-state index in [0.717, 1.165) is 0 Å². The van der Waals surface area contributed by atoms with Crippen molar-refractivity contribution in [3.05, 3.63) is 50.6 Å². The highest BCUT2D eigenvalue weighted by molar-refractivity contribution is 9.10. The van der Waals surface area contributed by atoms with Crippen LogP contribution in [0, 0.1) is 0 Å². The topological polar surface area (TPSA) is 56.3 Å². The molecule has 0 radical (unpaired) electrons. The van der Waals surface area contributed by atoms with Crippen LogP contribution in [-0.4, -0.2) is 13.4 Å². The Balaban J connectivity index is 2.40. The molecule has 100 valence electrons. The van der Waals surface area contributed by atoms with Crippen LogP contribution < -0.4 is 4.18 Å². The Morgan fingerprint density at radius 2 is 1.89 bits per heavy atom. The summed E-state index contributed by atoms with van der Waals surface area (Å²) in [7, 11) is -4.03. The van der Waals surface area contributed by atoms with Gasteiger partial charge in [-0.25, -0.2) is 4.98 Å². The summed E-state index contributed by atoms with van der Waals surface area (Å²) in [6, 6.07) is 7.82. The Kier molecular flexibility index (Phi) is 4.50. The van der Waals surface area contributed by atoms with Gasteiger partial charge in [-0.3, -0.25) is 0 Å². The summed E-state index contributed by atoms with van der Waals surface area (Å²) in [5.74, 6) is 0.186. The van der Waals surface area contributed by atoms with Crippen LogP contribution in [0.5, 0.6) is 5.75 Å². The van der Waals surface area contributed by atoms with Crippen molar-refractivity contribution >= 4 is 53.6 Å². The van der Waals surface area contributed by atoms with Crippen LogP contribution in [-0.2, 0) is 10.1 Å². The highest BCUT2D eigenvalue weighted by Crippen LogP contribution is 2.27. The van der Waals surface area contributed by atoms with E-state index < -0.39 is 10.1 Å². The Hall–Kier alpha value is -0.630. The predicted octanol–water partition coefficient (Wildman–Crippen LogP) is 4.03. The quantitative estimate of drug-likeness (QED) is 0.548. The number of rotatable bonds is 3. The van der Waals surface area contributed by atoms with Gasteiger partial charge in [0.25, 0.3) is 0 Å². The van der Waals surface area contributed by atoms with E-state index in [1.165, 1.54) is 24.4 Å². The van der Waals surface area contributed by atoms with Gasteiger partial charge in [0.1, 0.15) is 10.6 Å². The van der Waals surface area contributed by atoms with Gasteiger partial charge in [0.15, 0.2) is 5.15 Å². The van der Waals surface area contributed by atoms with Crippen molar-refractivity contribution in [2.75, 3.05) is 0 Å². The minimum absolute atomic E-state index is 0.141. The maximum absolute atomic E-state index is 12.1. The van der Waals surface area contributed by atoms with E-state index >= 15 is 0 Å². The molecule has 0 aliphatic rings. The summed E-state index contributed by atoms with van der Waals surface area (Å²) < 4.78 is 30.4. The number of hydrogen-bond acceptors (Lipinski definition) is 4. The lowest BCUT2D eigenvalue weighted by Crippen LogP contribution is -2.11. The second-order valence-corrected chi connectivity index (χ2v) is 7.14. The number of aromatic nitrogens is 1. The first-order valence-corrected chi connectivity index (χ1v) is 8.27. The van der Waals surface area contributed by atoms with Gasteiger partial charge in [-0.1, -0.05) is 33.6 Å². The first kappa shape index (κ1) is 14.8. The molecule has 19 heavy (non-hydrogen) atoms. The Morgan fingerprint density at radius 3 is 2.58 bits per heavy atom. The molecule has 2 rings (SSSR count). The standard InChI is InChI=1S/C11H6Br2ClNO3S/c12-7-2-1-3-9(4-7)18-19(16,17)10-5-8(13)6-15-11(10)14/h1-6H. The number of hydrogen-bond donors (Lipinski definition) is 0. The Morgan fingerprint density at radius 1 is 1.16 bits per heavy atom. The summed E-state index contributed by atoms with van der Waals surface area (Å²) in [5.41, 5.74) is 0. The normalized spacial score (nSPS) is 11.3. The fourth-order valence-electron chi connectivity index (χ4n) is 1.27. The van der Waals surface area contributed by atoms with Crippen LogP contribution in [0.2, 0.25) is 5.15 Å². The molecule has 0 aliphatic carbocycles. The zero-order valence-corrected chi connectivity index (χ0v) is 13.9. The van der Waals surface area contributed by atoms with Gasteiger partial charge in [0.2, 0.25) is 0 Å². The minimum Gasteiger partial charge on any atom is -0.379 e. The maximum Gasteiger partial charge on any atom is 0.342 e. The van der Waals surface area contributed by atoms with Crippen molar-refractivity contribution in [1.82, 2.24) is 4.98 Å². The van der Waals surface area contributed by atoms with Crippen molar-refractivity contribution in [1.29, 1.82) is 0 Å². The smallest absolute Gasteiger partial charge is 0.342 e. The second-order valence-electron chi connectivity index (χ2n) is 3.44. The van der Waals surface area contributed by atoms with Gasteiger partial charge in [-0.2, -0.15) is 8.42 Å². The number of nitrogens with zero attached hydrogens (tertiary/aromatic N) is 1. The lowest BCUT2D eigenvalue weighted by Gasteiger charge is -2.08. The van der Waals surface area contributed by atoms with Crippen molar-refractivity contribution in [3.8, 4) is 5.75 Å². The van der Waals surface area contributed by atoms with Gasteiger partial charge in [-0.15, -0.1) is 0 Å². The molecule has 0 atom stereocenters. The average molecular weight is 428 g/mol. The van der Waals surface area contributed by atoms with E-state index in [2.05, 4.69) is 36.8 Å². The van der Waals surface area contributed by atoms with Gasteiger partial charge < -0.3 is 4.18 Å². The molecule has 0 aliphatic heterocycles. The molecule has 0 amide bonds. The van der Waals surface area contributed by atoms with Crippen molar-refractivity contribution < 1.29 is 12.6 Å². The summed E-state index contributed by atoms with van der Waals surface area (Å²) in [5, 5.41) is -0.141. The Labute approximate surface area is 132 Å². The monoisotopic (exact) mass is 425 g/mol. The molecule has 2 aromatic rings. The molecule has 0 unspecified atom stereocenters. The predicted molar refractivity (Wildman–Crippen MR) is 78.9 cm³/mol. The van der Waals surface area contributed by atoms with Crippen molar-refractivity contribution in [3.63, 3.8) is 0 Å². The summed E-state index contributed by atoms with van der Waals surface area (Å²) in [6.45, 7) is 0. The highest BCUT2D eigenvalue weighted by Gasteiger charge is 2.22. The molecule has 1 heterocycles. The fourth-order valence-corrected chi connectivity index (χ4v) is 3.49. The largest absolute Gasteiger partial charge is 0.379 e. The van der Waals surface area contributed by atoms with Crippen LogP contribution in [0.25, 0.3) is 0 Å². The molecule has 0 N–H and O–H groups in total. The summed E-state index contributed by atoms with van der Waals surface area (Å²) >= 11 is 12.1. The molecule has 0 fully saturated rings. The molecule has 0 spiro atoms. The van der Waals surface area contributed by atoms with Crippen LogP contribution >= 0.6 is 43.5 Å². The first-order valence-electron chi connectivity index (χ1n) is 4.89. The lowest BCUT2D eigenvalue weighted by atomic mass is 10.3. The van der Waals surface area contributed by atoms with Crippen LogP contribution in [0.4, 0.5) is 0 Å². The van der Waals surface area contributed by atoms with E-state index in [9.17, 15) is 8.42 Å². The molecule has 1 aromatic carbocycles. The number of benzene rings is 1. The van der Waals surface area contributed by atoms with E-state index in [1.807, 2.05) is 0 Å². The lowest BCUT2D eigenvalue weighted by molar-refractivity contribution is 0.485. The molecule has 1 aromatic heterocycles. The van der Waals surface area contributed by atoms with Crippen LogP contribution in [0.15, 0.2) is 50.4 Å². The zero-order chi connectivity index (χ0) is 14.0. The van der Waals surface area contributed by atoms with Crippen LogP contribution in [0.1, 0.15) is 0 Å². The molecular formula is C11H6Br2ClNO3S. The zero-order valence-electron chi connectivity index (χ0n) is 9.18. The van der Waals surface area contributed by atoms with Gasteiger partial charge >= 0.3 is 10.1 Å². The van der Waals surface area contributed by atoms with E-state index in [-0.39, 0.29) is 15.8 Å². The Bertz CT molecular complexity index is 722. The van der Waals surface area contributed by atoms with E-state index in [4.69, 9.17) is 15.8 Å². The second kappa shape index (κ2) is 5.78. The average Bonchev–Trinajstić information content (AvgIpc) is 2.31. The van der Waals surface area contributed by atoms with Gasteiger partial charge in [0.05, 0.1) is 0 Å². The van der Waals surface area contributed by atoms with E-state index in [1.54, 1.807) is 12.1 Å². The molecule has 8 heteroatoms. The van der Waals surface area contributed by atoms with Crippen LogP contribution in [0.3, 0.4) is 0 Å². The third-order valence-corrected chi connectivity index (χ3v) is 4.65. The first-order chi connectivity index (χ1) is 8.88. The van der Waals surface area contributed by atoms with Crippen molar-refractivity contribution in [2.24, 2.45) is 0 Å². The minimum atomic E-state index is -4.03. The molecule has 0 saturated carbocycles. The van der Waals surface area contributed by atoms with Gasteiger partial charge in [0, 0.05) is 15.1 Å². The fraction of sp³-hybridized carbons (Fsp3) is 0. The summed E-state index contributed by atoms with van der Waals surface area (Å²) in [4.78, 5) is 3.56. The number of pyridine rings is 1. The third-order valence-electron chi connectivity index (χ3n) is 2.04. The third kappa shape index (κ3) is 3.68. The molecule has 4 nitrogen and oxygen atoms in total. The van der Waals surface area contributed by atoms with E-state index in [0.29, 0.717) is 8.95 Å². The molecular weight excluding hydrogens is 421 g/mol. The highest BCUT2D eigenvalue weighted by atomic mass is 79.9. The maximum atomic E-state index is 12.1. The summed E-state index contributed by atoms with van der Waals surface area (Å²) in [6.07, 6.45) is 1.40. The van der Waals surface area contributed by atoms with Gasteiger partial charge in [-0.05, 0) is 40.2 Å².